The molecule has 0 aliphatic heterocycles. The molecule has 112 valence electrons. The van der Waals surface area contributed by atoms with Gasteiger partial charge in [0.05, 0.1) is 12.2 Å². The zero-order chi connectivity index (χ0) is 15.2. The number of carbonyl (C=O) groups is 1. The number of aromatic nitrogens is 2. The topological polar surface area (TPSA) is 50.2 Å². The molecule has 1 atom stereocenters. The van der Waals surface area contributed by atoms with Gasteiger partial charge in [0.2, 0.25) is 5.91 Å². The first-order valence-electron chi connectivity index (χ1n) is 6.69. The Balaban J connectivity index is 1.89. The molecule has 6 heteroatoms. The third-order valence-corrected chi connectivity index (χ3v) is 3.87. The van der Waals surface area contributed by atoms with Crippen LogP contribution in [0.15, 0.2) is 35.3 Å². The highest BCUT2D eigenvalue weighted by Crippen LogP contribution is 2.19. The van der Waals surface area contributed by atoms with Crippen molar-refractivity contribution in [2.24, 2.45) is 7.05 Å². The fourth-order valence-electron chi connectivity index (χ4n) is 2.02. The lowest BCUT2D eigenvalue weighted by molar-refractivity contribution is -0.116. The molecule has 0 saturated carbocycles. The summed E-state index contributed by atoms with van der Waals surface area (Å²) in [5.41, 5.74) is 2.14. The summed E-state index contributed by atoms with van der Waals surface area (Å²) in [6.45, 7) is 0.583. The summed E-state index contributed by atoms with van der Waals surface area (Å²) in [6, 6.07) is 2.28. The first kappa shape index (κ1) is 15.5. The first-order chi connectivity index (χ1) is 10.1. The quantitative estimate of drug-likeness (QED) is 0.830. The molecule has 0 aliphatic carbocycles. The molecule has 2 rings (SSSR count). The molecule has 2 aromatic rings. The summed E-state index contributed by atoms with van der Waals surface area (Å²) < 4.78 is 1.70. The van der Waals surface area contributed by atoms with Gasteiger partial charge in [-0.1, -0.05) is 0 Å². The Labute approximate surface area is 128 Å². The Hall–Kier alpha value is -1.92. The van der Waals surface area contributed by atoms with Gasteiger partial charge in [0.25, 0.3) is 0 Å². The second-order valence-electron chi connectivity index (χ2n) is 5.06. The highest BCUT2D eigenvalue weighted by atomic mass is 32.1. The van der Waals surface area contributed by atoms with E-state index in [1.54, 1.807) is 28.3 Å². The maximum atomic E-state index is 11.9. The van der Waals surface area contributed by atoms with Crippen molar-refractivity contribution in [3.8, 4) is 0 Å². The van der Waals surface area contributed by atoms with E-state index in [4.69, 9.17) is 0 Å². The summed E-state index contributed by atoms with van der Waals surface area (Å²) in [6.07, 6.45) is 6.88. The predicted octanol–water partition coefficient (Wildman–Crippen LogP) is 1.91. The number of thiophene rings is 1. The molecule has 0 radical (unpaired) electrons. The second-order valence-corrected chi connectivity index (χ2v) is 5.84. The van der Waals surface area contributed by atoms with Crippen molar-refractivity contribution in [1.29, 1.82) is 0 Å². The number of nitrogens with one attached hydrogen (secondary N) is 1. The van der Waals surface area contributed by atoms with E-state index in [2.05, 4.69) is 32.1 Å². The maximum Gasteiger partial charge on any atom is 0.244 e. The number of aryl methyl sites for hydroxylation is 1. The summed E-state index contributed by atoms with van der Waals surface area (Å²) in [5, 5.41) is 11.2. The van der Waals surface area contributed by atoms with Gasteiger partial charge < -0.3 is 10.2 Å². The van der Waals surface area contributed by atoms with Crippen molar-refractivity contribution in [2.45, 2.75) is 6.04 Å². The van der Waals surface area contributed by atoms with Crippen LogP contribution in [0.5, 0.6) is 0 Å². The molecule has 0 spiro atoms. The van der Waals surface area contributed by atoms with Crippen LogP contribution in [0.2, 0.25) is 0 Å². The Morgan fingerprint density at radius 1 is 1.57 bits per heavy atom. The number of amides is 1. The second kappa shape index (κ2) is 7.19. The number of likely N-dealkylation sites (N-methyl/N-ethyl adjacent to an activating group) is 1. The van der Waals surface area contributed by atoms with Crippen molar-refractivity contribution in [1.82, 2.24) is 20.0 Å². The van der Waals surface area contributed by atoms with E-state index in [9.17, 15) is 4.79 Å². The van der Waals surface area contributed by atoms with Crippen LogP contribution < -0.4 is 5.32 Å². The van der Waals surface area contributed by atoms with Gasteiger partial charge in [-0.15, -0.1) is 0 Å². The van der Waals surface area contributed by atoms with Crippen molar-refractivity contribution >= 4 is 23.3 Å². The van der Waals surface area contributed by atoms with E-state index >= 15 is 0 Å². The minimum atomic E-state index is -0.0964. The van der Waals surface area contributed by atoms with E-state index < -0.39 is 0 Å². The fourth-order valence-corrected chi connectivity index (χ4v) is 2.72. The number of hydrogen-bond acceptors (Lipinski definition) is 4. The predicted molar refractivity (Wildman–Crippen MR) is 86.0 cm³/mol. The third-order valence-electron chi connectivity index (χ3n) is 3.17. The molecule has 0 bridgehead atoms. The van der Waals surface area contributed by atoms with Crippen LogP contribution in [-0.4, -0.2) is 41.2 Å². The molecular formula is C15H20N4OS. The lowest BCUT2D eigenvalue weighted by Gasteiger charge is -2.23. The summed E-state index contributed by atoms with van der Waals surface area (Å²) >= 11 is 1.67. The van der Waals surface area contributed by atoms with Crippen LogP contribution in [-0.2, 0) is 11.8 Å². The molecule has 0 aromatic carbocycles. The summed E-state index contributed by atoms with van der Waals surface area (Å²) in [7, 11) is 5.87. The molecule has 0 saturated heterocycles. The molecule has 2 heterocycles. The van der Waals surface area contributed by atoms with E-state index in [0.717, 1.165) is 5.56 Å². The molecule has 2 aromatic heterocycles. The summed E-state index contributed by atoms with van der Waals surface area (Å²) in [4.78, 5) is 14.0. The molecule has 1 N–H and O–H groups in total. The van der Waals surface area contributed by atoms with Crippen LogP contribution >= 0.6 is 11.3 Å². The molecule has 5 nitrogen and oxygen atoms in total. The minimum Gasteiger partial charge on any atom is -0.351 e. The molecule has 0 aliphatic rings. The van der Waals surface area contributed by atoms with Crippen LogP contribution in [0.4, 0.5) is 0 Å². The lowest BCUT2D eigenvalue weighted by atomic mass is 10.1. The maximum absolute atomic E-state index is 11.9. The van der Waals surface area contributed by atoms with Crippen molar-refractivity contribution in [2.75, 3.05) is 20.6 Å². The Bertz CT molecular complexity index is 601. The zero-order valence-corrected chi connectivity index (χ0v) is 13.3. The van der Waals surface area contributed by atoms with Gasteiger partial charge in [-0.3, -0.25) is 9.48 Å². The Morgan fingerprint density at radius 3 is 2.95 bits per heavy atom. The van der Waals surface area contributed by atoms with Gasteiger partial charge in [0.1, 0.15) is 0 Å². The van der Waals surface area contributed by atoms with E-state index in [0.29, 0.717) is 6.54 Å². The van der Waals surface area contributed by atoms with Gasteiger partial charge in [-0.05, 0) is 42.6 Å². The average molecular weight is 304 g/mol. The van der Waals surface area contributed by atoms with Crippen LogP contribution in [0.25, 0.3) is 6.08 Å². The van der Waals surface area contributed by atoms with Gasteiger partial charge in [0.15, 0.2) is 0 Å². The van der Waals surface area contributed by atoms with Crippen LogP contribution in [0, 0.1) is 0 Å². The van der Waals surface area contributed by atoms with Crippen LogP contribution in [0.3, 0.4) is 0 Å². The minimum absolute atomic E-state index is 0.0964. The molecular weight excluding hydrogens is 284 g/mol. The normalized spacial score (nSPS) is 13.0. The molecule has 21 heavy (non-hydrogen) atoms. The third kappa shape index (κ3) is 4.54. The number of hydrogen-bond donors (Lipinski definition) is 1. The van der Waals surface area contributed by atoms with E-state index in [1.807, 2.05) is 27.3 Å². The monoisotopic (exact) mass is 304 g/mol. The van der Waals surface area contributed by atoms with Crippen molar-refractivity contribution in [3.63, 3.8) is 0 Å². The smallest absolute Gasteiger partial charge is 0.244 e. The number of nitrogens with zero attached hydrogens (tertiary/aromatic N) is 3. The Kier molecular flexibility index (Phi) is 5.30. The van der Waals surface area contributed by atoms with Crippen molar-refractivity contribution in [3.05, 3.63) is 46.4 Å². The zero-order valence-electron chi connectivity index (χ0n) is 12.5. The highest BCUT2D eigenvalue weighted by Gasteiger charge is 2.14. The van der Waals surface area contributed by atoms with Gasteiger partial charge in [-0.25, -0.2) is 0 Å². The first-order valence-corrected chi connectivity index (χ1v) is 7.63. The van der Waals surface area contributed by atoms with Crippen molar-refractivity contribution < 1.29 is 4.79 Å². The number of rotatable bonds is 6. The van der Waals surface area contributed by atoms with Gasteiger partial charge >= 0.3 is 0 Å². The van der Waals surface area contributed by atoms with Gasteiger partial charge in [0, 0.05) is 31.4 Å². The van der Waals surface area contributed by atoms with E-state index in [-0.39, 0.29) is 11.9 Å². The Morgan fingerprint density at radius 2 is 2.38 bits per heavy atom. The van der Waals surface area contributed by atoms with Gasteiger partial charge in [-0.2, -0.15) is 16.4 Å². The molecule has 1 unspecified atom stereocenters. The fraction of sp³-hybridized carbons (Fsp3) is 0.333. The van der Waals surface area contributed by atoms with Crippen LogP contribution in [0.1, 0.15) is 17.2 Å². The van der Waals surface area contributed by atoms with E-state index in [1.165, 1.54) is 11.6 Å². The molecule has 0 fully saturated rings. The summed E-state index contributed by atoms with van der Waals surface area (Å²) in [5.74, 6) is -0.0964. The highest BCUT2D eigenvalue weighted by molar-refractivity contribution is 7.07. The largest absolute Gasteiger partial charge is 0.351 e. The lowest BCUT2D eigenvalue weighted by Crippen LogP contribution is -2.33. The molecule has 1 amide bonds. The number of carbonyl (C=O) groups excluding carboxylic acids is 1. The average Bonchev–Trinajstić information content (AvgIpc) is 3.08. The standard InChI is InChI=1S/C15H20N4OS/c1-18(2)14(13-6-7-21-11-13)9-16-15(20)5-4-12-8-17-19(3)10-12/h4-8,10-11,14H,9H2,1-3H3,(H,16,20)/b5-4+. The SMILES string of the molecule is CN(C)C(CNC(=O)/C=C/c1cnn(C)c1)c1ccsc1.